The van der Waals surface area contributed by atoms with Crippen molar-refractivity contribution in [3.8, 4) is 0 Å². The number of nitrogens with zero attached hydrogens (tertiary/aromatic N) is 1. The van der Waals surface area contributed by atoms with E-state index in [2.05, 4.69) is 49.8 Å². The van der Waals surface area contributed by atoms with Crippen molar-refractivity contribution in [2.45, 2.75) is 75.5 Å². The minimum absolute atomic E-state index is 0.603. The molecule has 4 atom stereocenters. The van der Waals surface area contributed by atoms with Gasteiger partial charge in [0, 0.05) is 12.1 Å². The molecular formula is C16H29IN4S2. The Morgan fingerprint density at radius 1 is 0.913 bits per heavy atom. The lowest BCUT2D eigenvalue weighted by molar-refractivity contribution is 0.374. The van der Waals surface area contributed by atoms with Gasteiger partial charge in [-0.2, -0.15) is 0 Å². The molecule has 0 amide bonds. The van der Waals surface area contributed by atoms with Gasteiger partial charge in [-0.25, -0.2) is 0 Å². The van der Waals surface area contributed by atoms with E-state index < -0.39 is 0 Å². The predicted molar refractivity (Wildman–Crippen MR) is 115 cm³/mol. The van der Waals surface area contributed by atoms with Crippen molar-refractivity contribution in [2.75, 3.05) is 11.2 Å². The van der Waals surface area contributed by atoms with Crippen LogP contribution in [0.4, 0.5) is 0 Å². The van der Waals surface area contributed by atoms with Crippen molar-refractivity contribution in [2.24, 2.45) is 4.99 Å². The van der Waals surface area contributed by atoms with E-state index in [0.29, 0.717) is 24.2 Å². The molecule has 3 fully saturated rings. The fraction of sp³-hybridized carbons (Fsp3) is 0.875. The first-order valence-electron chi connectivity index (χ1n) is 8.59. The van der Waals surface area contributed by atoms with Crippen LogP contribution in [0, 0.1) is 0 Å². The maximum atomic E-state index is 5.01. The van der Waals surface area contributed by atoms with Crippen LogP contribution in [-0.4, -0.2) is 45.6 Å². The van der Waals surface area contributed by atoms with Crippen molar-refractivity contribution < 1.29 is 0 Å². The summed E-state index contributed by atoms with van der Waals surface area (Å²) in [5.74, 6) is 0. The summed E-state index contributed by atoms with van der Waals surface area (Å²) in [6.45, 7) is 0. The van der Waals surface area contributed by atoms with Gasteiger partial charge < -0.3 is 16.0 Å². The lowest BCUT2D eigenvalue weighted by atomic mass is 9.92. The SMILES string of the molecule is CI.CSC1=NC2CCCCC2N1.S=C1NC2CCCCC2N1. The number of hydrogen-bond donors (Lipinski definition) is 3. The summed E-state index contributed by atoms with van der Waals surface area (Å²) >= 11 is 8.90. The van der Waals surface area contributed by atoms with Crippen LogP contribution < -0.4 is 16.0 Å². The second-order valence-electron chi connectivity index (χ2n) is 6.36. The van der Waals surface area contributed by atoms with Crippen LogP contribution in [0.3, 0.4) is 0 Å². The second-order valence-corrected chi connectivity index (χ2v) is 7.56. The van der Waals surface area contributed by atoms with Crippen LogP contribution >= 0.6 is 46.6 Å². The molecule has 2 aliphatic heterocycles. The number of hydrogen-bond acceptors (Lipinski definition) is 4. The lowest BCUT2D eigenvalue weighted by Gasteiger charge is -2.23. The van der Waals surface area contributed by atoms with Gasteiger partial charge >= 0.3 is 0 Å². The smallest absolute Gasteiger partial charge is 0.166 e. The molecule has 23 heavy (non-hydrogen) atoms. The number of rotatable bonds is 0. The second kappa shape index (κ2) is 10.3. The molecule has 1 saturated heterocycles. The molecule has 3 N–H and O–H groups in total. The van der Waals surface area contributed by atoms with E-state index in [1.165, 1.54) is 51.4 Å². The Hall–Kier alpha value is 0.240. The van der Waals surface area contributed by atoms with Crippen molar-refractivity contribution >= 4 is 56.9 Å². The first-order chi connectivity index (χ1) is 11.3. The fourth-order valence-corrected chi connectivity index (χ4v) is 4.56. The van der Waals surface area contributed by atoms with Crippen LogP contribution in [0.2, 0.25) is 0 Å². The molecule has 2 heterocycles. The Kier molecular flexibility index (Phi) is 8.74. The zero-order valence-electron chi connectivity index (χ0n) is 14.1. The average Bonchev–Trinajstić information content (AvgIpc) is 3.18. The summed E-state index contributed by atoms with van der Waals surface area (Å²) in [5.41, 5.74) is 0. The molecule has 0 aromatic rings. The highest BCUT2D eigenvalue weighted by atomic mass is 127. The van der Waals surface area contributed by atoms with Crippen molar-refractivity contribution in [3.05, 3.63) is 0 Å². The zero-order valence-corrected chi connectivity index (χ0v) is 17.9. The van der Waals surface area contributed by atoms with Crippen LogP contribution in [0.5, 0.6) is 0 Å². The van der Waals surface area contributed by atoms with Gasteiger partial charge in [0.15, 0.2) is 10.3 Å². The molecule has 4 rings (SSSR count). The number of alkyl halides is 1. The van der Waals surface area contributed by atoms with Crippen LogP contribution in [0.15, 0.2) is 4.99 Å². The summed E-state index contributed by atoms with van der Waals surface area (Å²) in [4.78, 5) is 6.57. The van der Waals surface area contributed by atoms with Crippen molar-refractivity contribution in [1.29, 1.82) is 0 Å². The minimum Gasteiger partial charge on any atom is -0.360 e. The number of thiocarbonyl (C=S) groups is 1. The molecule has 0 aromatic carbocycles. The first kappa shape index (κ1) is 19.6. The van der Waals surface area contributed by atoms with E-state index in [-0.39, 0.29) is 0 Å². The average molecular weight is 468 g/mol. The molecule has 4 unspecified atom stereocenters. The zero-order chi connectivity index (χ0) is 16.7. The molecule has 2 saturated carbocycles. The maximum Gasteiger partial charge on any atom is 0.166 e. The number of halogens is 1. The first-order valence-corrected chi connectivity index (χ1v) is 12.4. The highest BCUT2D eigenvalue weighted by molar-refractivity contribution is 14.1. The standard InChI is InChI=1S/C8H14N2S.C7H12N2S.CH3I/c1-11-8-9-6-4-2-3-5-7(6)10-8;10-7-8-5-3-1-2-4-6(5)9-7;1-2/h6-7H,2-5H2,1H3,(H,9,10);5-6H,1-4H2,(H2,8,9,10);1H3. The Morgan fingerprint density at radius 2 is 1.43 bits per heavy atom. The third-order valence-corrected chi connectivity index (χ3v) is 5.76. The Morgan fingerprint density at radius 3 is 1.96 bits per heavy atom. The van der Waals surface area contributed by atoms with Gasteiger partial charge in [-0.1, -0.05) is 60.0 Å². The fourth-order valence-electron chi connectivity index (χ4n) is 3.75. The summed E-state index contributed by atoms with van der Waals surface area (Å²) in [5, 5.41) is 12.0. The van der Waals surface area contributed by atoms with Gasteiger partial charge in [-0.15, -0.1) is 0 Å². The highest BCUT2D eigenvalue weighted by Gasteiger charge is 2.31. The largest absolute Gasteiger partial charge is 0.360 e. The summed E-state index contributed by atoms with van der Waals surface area (Å²) in [6.07, 6.45) is 12.7. The normalized spacial score (nSPS) is 34.0. The molecule has 0 bridgehead atoms. The highest BCUT2D eigenvalue weighted by Crippen LogP contribution is 2.26. The van der Waals surface area contributed by atoms with Crippen LogP contribution in [-0.2, 0) is 0 Å². The number of amidine groups is 1. The van der Waals surface area contributed by atoms with Gasteiger partial charge in [-0.3, -0.25) is 4.99 Å². The van der Waals surface area contributed by atoms with Crippen LogP contribution in [0.25, 0.3) is 0 Å². The minimum atomic E-state index is 0.603. The maximum absolute atomic E-state index is 5.01. The third-order valence-electron chi connectivity index (χ3n) is 4.91. The molecule has 7 heteroatoms. The van der Waals surface area contributed by atoms with Crippen LogP contribution in [0.1, 0.15) is 51.4 Å². The molecular weight excluding hydrogens is 439 g/mol. The van der Waals surface area contributed by atoms with Gasteiger partial charge in [0.25, 0.3) is 0 Å². The third kappa shape index (κ3) is 5.63. The van der Waals surface area contributed by atoms with Gasteiger partial charge in [-0.05, 0) is 49.1 Å². The Bertz CT molecular complexity index is 403. The van der Waals surface area contributed by atoms with Gasteiger partial charge in [0.05, 0.1) is 12.1 Å². The van der Waals surface area contributed by atoms with E-state index in [1.807, 2.05) is 4.93 Å². The molecule has 4 aliphatic rings. The Balaban J connectivity index is 0.000000152. The van der Waals surface area contributed by atoms with E-state index in [9.17, 15) is 0 Å². The van der Waals surface area contributed by atoms with Crippen molar-refractivity contribution in [3.63, 3.8) is 0 Å². The molecule has 4 nitrogen and oxygen atoms in total. The number of nitrogens with one attached hydrogen (secondary N) is 3. The Labute approximate surface area is 163 Å². The van der Waals surface area contributed by atoms with Crippen molar-refractivity contribution in [1.82, 2.24) is 16.0 Å². The van der Waals surface area contributed by atoms with Gasteiger partial charge in [0.2, 0.25) is 0 Å². The summed E-state index contributed by atoms with van der Waals surface area (Å²) in [7, 11) is 0. The summed E-state index contributed by atoms with van der Waals surface area (Å²) < 4.78 is 0. The van der Waals surface area contributed by atoms with E-state index in [1.54, 1.807) is 11.8 Å². The van der Waals surface area contributed by atoms with E-state index in [0.717, 1.165) is 10.3 Å². The topological polar surface area (TPSA) is 48.5 Å². The predicted octanol–water partition coefficient (Wildman–Crippen LogP) is 3.45. The molecule has 2 aliphatic carbocycles. The number of fused-ring (bicyclic) bond motifs is 2. The number of thioether (sulfide) groups is 1. The molecule has 0 spiro atoms. The quantitative estimate of drug-likeness (QED) is 0.289. The van der Waals surface area contributed by atoms with Gasteiger partial charge in [0.1, 0.15) is 0 Å². The van der Waals surface area contributed by atoms with E-state index >= 15 is 0 Å². The number of aliphatic imine (C=N–C) groups is 1. The molecule has 0 aromatic heterocycles. The van der Waals surface area contributed by atoms with E-state index in [4.69, 9.17) is 12.2 Å². The molecule has 132 valence electrons. The lowest BCUT2D eigenvalue weighted by Crippen LogP contribution is -2.36. The molecule has 0 radical (unpaired) electrons. The monoisotopic (exact) mass is 468 g/mol. The summed E-state index contributed by atoms with van der Waals surface area (Å²) in [6, 6.07) is 2.56.